The van der Waals surface area contributed by atoms with Crippen molar-refractivity contribution in [2.45, 2.75) is 31.9 Å². The van der Waals surface area contributed by atoms with Crippen molar-refractivity contribution in [1.29, 1.82) is 0 Å². The van der Waals surface area contributed by atoms with Crippen LogP contribution in [0.2, 0.25) is 5.02 Å². The van der Waals surface area contributed by atoms with Crippen molar-refractivity contribution in [2.24, 2.45) is 0 Å². The van der Waals surface area contributed by atoms with Gasteiger partial charge >= 0.3 is 0 Å². The van der Waals surface area contributed by atoms with Crippen molar-refractivity contribution in [2.75, 3.05) is 19.8 Å². The van der Waals surface area contributed by atoms with E-state index in [1.807, 2.05) is 0 Å². The minimum Gasteiger partial charge on any atom is -0.482 e. The lowest BCUT2D eigenvalue weighted by molar-refractivity contribution is -0.124. The van der Waals surface area contributed by atoms with Crippen LogP contribution in [-0.2, 0) is 9.53 Å². The molecule has 2 N–H and O–H groups in total. The zero-order chi connectivity index (χ0) is 15.2. The van der Waals surface area contributed by atoms with Gasteiger partial charge in [0.15, 0.2) is 6.61 Å². The monoisotopic (exact) mass is 313 g/mol. The summed E-state index contributed by atoms with van der Waals surface area (Å²) in [4.78, 5) is 11.8. The molecule has 1 unspecified atom stereocenters. The second-order valence-electron chi connectivity index (χ2n) is 5.11. The molecule has 1 saturated heterocycles. The molecule has 1 atom stereocenters. The van der Waals surface area contributed by atoms with Gasteiger partial charge in [0.1, 0.15) is 5.75 Å². The maximum Gasteiger partial charge on any atom is 0.258 e. The number of nitrogens with one attached hydrogen (secondary N) is 1. The normalized spacial score (nSPS) is 17.3. The van der Waals surface area contributed by atoms with Crippen molar-refractivity contribution < 1.29 is 19.4 Å². The molecule has 5 nitrogen and oxygen atoms in total. The Morgan fingerprint density at radius 2 is 2.24 bits per heavy atom. The van der Waals surface area contributed by atoms with Crippen LogP contribution in [0.3, 0.4) is 0 Å². The summed E-state index contributed by atoms with van der Waals surface area (Å²) in [5.74, 6) is 0.265. The quantitative estimate of drug-likeness (QED) is 0.873. The molecule has 1 aliphatic heterocycles. The molecule has 1 aromatic rings. The summed E-state index contributed by atoms with van der Waals surface area (Å²) < 4.78 is 10.7. The Bertz CT molecular complexity index is 487. The van der Waals surface area contributed by atoms with Gasteiger partial charge in [-0.25, -0.2) is 0 Å². The molecule has 0 saturated carbocycles. The number of aliphatic hydroxyl groups excluding tert-OH is 1. The summed E-state index contributed by atoms with van der Waals surface area (Å²) in [6.07, 6.45) is 1.07. The van der Waals surface area contributed by atoms with Crippen molar-refractivity contribution in [3.8, 4) is 5.75 Å². The van der Waals surface area contributed by atoms with Gasteiger partial charge in [-0.2, -0.15) is 0 Å². The summed E-state index contributed by atoms with van der Waals surface area (Å²) in [6, 6.07) is 5.18. The third-order valence-corrected chi connectivity index (χ3v) is 3.68. The Hall–Kier alpha value is -1.30. The number of benzene rings is 1. The van der Waals surface area contributed by atoms with Gasteiger partial charge in [-0.1, -0.05) is 17.7 Å². The zero-order valence-corrected chi connectivity index (χ0v) is 12.7. The SMILES string of the molecule is CC(O)c1ccc(OCC(=O)NC2CCOCC2)c(Cl)c1. The Kier molecular flexibility index (Phi) is 5.85. The number of hydrogen-bond donors (Lipinski definition) is 2. The molecular formula is C15H20ClNO4. The third-order valence-electron chi connectivity index (χ3n) is 3.38. The average molecular weight is 314 g/mol. The van der Waals surface area contributed by atoms with Crippen LogP contribution in [0.4, 0.5) is 0 Å². The highest BCUT2D eigenvalue weighted by atomic mass is 35.5. The second-order valence-corrected chi connectivity index (χ2v) is 5.52. The van der Waals surface area contributed by atoms with Crippen LogP contribution in [0, 0.1) is 0 Å². The number of amides is 1. The van der Waals surface area contributed by atoms with Crippen molar-refractivity contribution >= 4 is 17.5 Å². The maximum absolute atomic E-state index is 11.8. The molecule has 21 heavy (non-hydrogen) atoms. The van der Waals surface area contributed by atoms with Crippen LogP contribution >= 0.6 is 11.6 Å². The molecule has 0 aromatic heterocycles. The first kappa shape index (κ1) is 16.1. The molecule has 0 radical (unpaired) electrons. The summed E-state index contributed by atoms with van der Waals surface area (Å²) in [6.45, 7) is 2.94. The van der Waals surface area contributed by atoms with Gasteiger partial charge in [-0.15, -0.1) is 0 Å². The molecule has 0 aliphatic carbocycles. The molecular weight excluding hydrogens is 294 g/mol. The lowest BCUT2D eigenvalue weighted by Gasteiger charge is -2.23. The molecule has 2 rings (SSSR count). The highest BCUT2D eigenvalue weighted by molar-refractivity contribution is 6.32. The van der Waals surface area contributed by atoms with E-state index in [0.717, 1.165) is 12.8 Å². The van der Waals surface area contributed by atoms with E-state index in [0.29, 0.717) is 29.5 Å². The largest absolute Gasteiger partial charge is 0.482 e. The summed E-state index contributed by atoms with van der Waals surface area (Å²) >= 11 is 6.06. The number of hydrogen-bond acceptors (Lipinski definition) is 4. The number of carbonyl (C=O) groups is 1. The standard InChI is InChI=1S/C15H20ClNO4/c1-10(18)11-2-3-14(13(16)8-11)21-9-15(19)17-12-4-6-20-7-5-12/h2-3,8,10,12,18H,4-7,9H2,1H3,(H,17,19). The van der Waals surface area contributed by atoms with E-state index in [2.05, 4.69) is 5.32 Å². The van der Waals surface area contributed by atoms with Crippen molar-refractivity contribution in [3.63, 3.8) is 0 Å². The van der Waals surface area contributed by atoms with E-state index in [-0.39, 0.29) is 18.6 Å². The van der Waals surface area contributed by atoms with Crippen LogP contribution in [-0.4, -0.2) is 36.9 Å². The smallest absolute Gasteiger partial charge is 0.258 e. The highest BCUT2D eigenvalue weighted by Crippen LogP contribution is 2.27. The van der Waals surface area contributed by atoms with Crippen LogP contribution in [0.15, 0.2) is 18.2 Å². The number of aliphatic hydroxyl groups is 1. The fourth-order valence-corrected chi connectivity index (χ4v) is 2.39. The maximum atomic E-state index is 11.8. The molecule has 1 heterocycles. The van der Waals surface area contributed by atoms with Gasteiger partial charge < -0.3 is 19.9 Å². The van der Waals surface area contributed by atoms with Crippen LogP contribution in [0.5, 0.6) is 5.75 Å². The Morgan fingerprint density at radius 1 is 1.52 bits per heavy atom. The molecule has 1 fully saturated rings. The molecule has 116 valence electrons. The molecule has 6 heteroatoms. The van der Waals surface area contributed by atoms with Crippen molar-refractivity contribution in [3.05, 3.63) is 28.8 Å². The Morgan fingerprint density at radius 3 is 2.86 bits per heavy atom. The minimum absolute atomic E-state index is 0.0783. The predicted octanol–water partition coefficient (Wildman–Crippen LogP) is 2.07. The zero-order valence-electron chi connectivity index (χ0n) is 12.0. The fraction of sp³-hybridized carbons (Fsp3) is 0.533. The van der Waals surface area contributed by atoms with Crippen LogP contribution < -0.4 is 10.1 Å². The van der Waals surface area contributed by atoms with E-state index < -0.39 is 6.10 Å². The van der Waals surface area contributed by atoms with Crippen LogP contribution in [0.25, 0.3) is 0 Å². The third kappa shape index (κ3) is 4.88. The van der Waals surface area contributed by atoms with Gasteiger partial charge in [-0.3, -0.25) is 4.79 Å². The first-order chi connectivity index (χ1) is 10.1. The second kappa shape index (κ2) is 7.64. The van der Waals surface area contributed by atoms with E-state index in [4.69, 9.17) is 21.1 Å². The van der Waals surface area contributed by atoms with Gasteiger partial charge in [0, 0.05) is 19.3 Å². The fourth-order valence-electron chi connectivity index (χ4n) is 2.15. The first-order valence-corrected chi connectivity index (χ1v) is 7.41. The molecule has 0 bridgehead atoms. The van der Waals surface area contributed by atoms with Crippen LogP contribution in [0.1, 0.15) is 31.4 Å². The number of carbonyl (C=O) groups excluding carboxylic acids is 1. The lowest BCUT2D eigenvalue weighted by atomic mass is 10.1. The molecule has 1 aliphatic rings. The predicted molar refractivity (Wildman–Crippen MR) is 79.6 cm³/mol. The minimum atomic E-state index is -0.589. The summed E-state index contributed by atoms with van der Waals surface area (Å²) in [5.41, 5.74) is 0.707. The summed E-state index contributed by atoms with van der Waals surface area (Å²) in [5, 5.41) is 12.8. The number of rotatable bonds is 5. The molecule has 1 aromatic carbocycles. The molecule has 0 spiro atoms. The van der Waals surface area contributed by atoms with E-state index in [9.17, 15) is 9.90 Å². The molecule has 1 amide bonds. The van der Waals surface area contributed by atoms with Gasteiger partial charge in [0.25, 0.3) is 5.91 Å². The topological polar surface area (TPSA) is 67.8 Å². The van der Waals surface area contributed by atoms with E-state index in [1.165, 1.54) is 0 Å². The summed E-state index contributed by atoms with van der Waals surface area (Å²) in [7, 11) is 0. The van der Waals surface area contributed by atoms with Gasteiger partial charge in [-0.05, 0) is 37.5 Å². The van der Waals surface area contributed by atoms with E-state index in [1.54, 1.807) is 25.1 Å². The van der Waals surface area contributed by atoms with Gasteiger partial charge in [0.05, 0.1) is 11.1 Å². The first-order valence-electron chi connectivity index (χ1n) is 7.03. The van der Waals surface area contributed by atoms with Crippen molar-refractivity contribution in [1.82, 2.24) is 5.32 Å². The Labute approximate surface area is 129 Å². The van der Waals surface area contributed by atoms with E-state index >= 15 is 0 Å². The highest BCUT2D eigenvalue weighted by Gasteiger charge is 2.16. The lowest BCUT2D eigenvalue weighted by Crippen LogP contribution is -2.41. The average Bonchev–Trinajstić information content (AvgIpc) is 2.47. The number of halogens is 1. The number of ether oxygens (including phenoxy) is 2. The Balaban J connectivity index is 1.83. The van der Waals surface area contributed by atoms with Gasteiger partial charge in [0.2, 0.25) is 0 Å².